The lowest BCUT2D eigenvalue weighted by atomic mass is 9.84. The lowest BCUT2D eigenvalue weighted by Crippen LogP contribution is -2.30. The summed E-state index contributed by atoms with van der Waals surface area (Å²) >= 11 is 0. The Balaban J connectivity index is 2.21. The maximum absolute atomic E-state index is 10.4. The molecule has 1 fully saturated rings. The van der Waals surface area contributed by atoms with Gasteiger partial charge in [-0.05, 0) is 58.3 Å². The fourth-order valence-electron chi connectivity index (χ4n) is 3.77. The molecule has 0 aromatic carbocycles. The molecule has 1 aliphatic carbocycles. The second-order valence-corrected chi connectivity index (χ2v) is 8.56. The van der Waals surface area contributed by atoms with Crippen LogP contribution in [0.25, 0.3) is 0 Å². The van der Waals surface area contributed by atoms with E-state index in [-0.39, 0.29) is 5.60 Å². The summed E-state index contributed by atoms with van der Waals surface area (Å²) in [6.45, 7) is 11.0. The van der Waals surface area contributed by atoms with E-state index in [2.05, 4.69) is 46.8 Å². The van der Waals surface area contributed by atoms with Crippen LogP contribution in [0, 0.1) is 11.8 Å². The second-order valence-electron chi connectivity index (χ2n) is 8.56. The van der Waals surface area contributed by atoms with E-state index in [4.69, 9.17) is 9.47 Å². The third-order valence-corrected chi connectivity index (χ3v) is 5.92. The molecule has 1 saturated heterocycles. The number of epoxide rings is 1. The summed E-state index contributed by atoms with van der Waals surface area (Å²) in [6, 6.07) is 0. The van der Waals surface area contributed by atoms with E-state index in [0.717, 1.165) is 25.7 Å². The van der Waals surface area contributed by atoms with E-state index in [1.807, 2.05) is 6.08 Å². The minimum atomic E-state index is -0.480. The van der Waals surface area contributed by atoms with Crippen molar-refractivity contribution in [2.45, 2.75) is 90.1 Å². The van der Waals surface area contributed by atoms with Gasteiger partial charge in [-0.1, -0.05) is 37.6 Å². The lowest BCUT2D eigenvalue weighted by molar-refractivity contribution is 0.0126. The second kappa shape index (κ2) is 7.72. The monoisotopic (exact) mass is 336 g/mol. The summed E-state index contributed by atoms with van der Waals surface area (Å²) < 4.78 is 11.7. The van der Waals surface area contributed by atoms with Gasteiger partial charge in [0.25, 0.3) is 0 Å². The summed E-state index contributed by atoms with van der Waals surface area (Å²) in [5, 5.41) is 10.4. The Morgan fingerprint density at radius 1 is 1.29 bits per heavy atom. The minimum Gasteiger partial charge on any atom is -0.389 e. The van der Waals surface area contributed by atoms with Crippen LogP contribution >= 0.6 is 0 Å². The molecule has 0 saturated carbocycles. The summed E-state index contributed by atoms with van der Waals surface area (Å²) in [7, 11) is 1.73. The van der Waals surface area contributed by atoms with Gasteiger partial charge in [-0.3, -0.25) is 0 Å². The molecule has 0 amide bonds. The normalized spacial score (nSPS) is 45.0. The Labute approximate surface area is 148 Å². The van der Waals surface area contributed by atoms with Crippen LogP contribution in [0.1, 0.15) is 66.7 Å². The summed E-state index contributed by atoms with van der Waals surface area (Å²) in [5.74, 6) is 1.10. The molecule has 1 heterocycles. The van der Waals surface area contributed by atoms with E-state index in [1.54, 1.807) is 7.11 Å². The number of fused-ring (bicyclic) bond motifs is 1. The first kappa shape index (κ1) is 19.7. The quantitative estimate of drug-likeness (QED) is 0.589. The van der Waals surface area contributed by atoms with Gasteiger partial charge in [0, 0.05) is 13.5 Å². The maximum atomic E-state index is 10.4. The van der Waals surface area contributed by atoms with Crippen molar-refractivity contribution < 1.29 is 14.6 Å². The number of allylic oxidation sites excluding steroid dienone is 2. The van der Waals surface area contributed by atoms with Gasteiger partial charge in [-0.15, -0.1) is 0 Å². The molecule has 5 atom stereocenters. The Hall–Kier alpha value is -0.640. The first-order chi connectivity index (χ1) is 11.2. The molecule has 0 bridgehead atoms. The van der Waals surface area contributed by atoms with Crippen LogP contribution in [-0.4, -0.2) is 35.6 Å². The van der Waals surface area contributed by atoms with Crippen molar-refractivity contribution in [2.75, 3.05) is 7.11 Å². The number of rotatable bonds is 2. The molecule has 3 nitrogen and oxygen atoms in total. The highest BCUT2D eigenvalue weighted by Crippen LogP contribution is 2.44. The summed E-state index contributed by atoms with van der Waals surface area (Å²) in [4.78, 5) is 0. The molecule has 0 radical (unpaired) electrons. The number of ether oxygens (including phenoxy) is 2. The van der Waals surface area contributed by atoms with E-state index >= 15 is 0 Å². The molecule has 3 heteroatoms. The molecule has 2 rings (SSSR count). The van der Waals surface area contributed by atoms with Crippen LogP contribution < -0.4 is 0 Å². The number of aliphatic hydroxyl groups is 1. The summed E-state index contributed by atoms with van der Waals surface area (Å²) in [5.41, 5.74) is 0.852. The number of hydrogen-bond acceptors (Lipinski definition) is 3. The molecule has 1 aliphatic heterocycles. The maximum Gasteiger partial charge on any atom is 0.0920 e. The third-order valence-electron chi connectivity index (χ3n) is 5.92. The van der Waals surface area contributed by atoms with Crippen molar-refractivity contribution in [2.24, 2.45) is 11.8 Å². The fraction of sp³-hybridized carbons (Fsp3) is 0.810. The first-order valence-corrected chi connectivity index (χ1v) is 9.45. The zero-order valence-corrected chi connectivity index (χ0v) is 16.3. The van der Waals surface area contributed by atoms with Gasteiger partial charge in [0.15, 0.2) is 0 Å². The van der Waals surface area contributed by atoms with E-state index in [1.165, 1.54) is 5.57 Å². The molecular weight excluding hydrogens is 300 g/mol. The van der Waals surface area contributed by atoms with Gasteiger partial charge in [0.1, 0.15) is 0 Å². The molecule has 0 unspecified atom stereocenters. The highest BCUT2D eigenvalue weighted by atomic mass is 16.6. The molecule has 0 spiro atoms. The Morgan fingerprint density at radius 3 is 2.62 bits per heavy atom. The van der Waals surface area contributed by atoms with Gasteiger partial charge in [0.2, 0.25) is 0 Å². The van der Waals surface area contributed by atoms with Crippen molar-refractivity contribution >= 4 is 0 Å². The van der Waals surface area contributed by atoms with Crippen LogP contribution in [0.4, 0.5) is 0 Å². The predicted octanol–water partition coefficient (Wildman–Crippen LogP) is 4.65. The van der Waals surface area contributed by atoms with E-state index in [9.17, 15) is 5.11 Å². The summed E-state index contributed by atoms with van der Waals surface area (Å²) in [6.07, 6.45) is 11.2. The first-order valence-electron chi connectivity index (χ1n) is 9.45. The minimum absolute atomic E-state index is 0.0502. The van der Waals surface area contributed by atoms with E-state index in [0.29, 0.717) is 24.4 Å². The Kier molecular flexibility index (Phi) is 6.33. The van der Waals surface area contributed by atoms with Crippen molar-refractivity contribution in [1.82, 2.24) is 0 Å². The van der Waals surface area contributed by atoms with Gasteiger partial charge < -0.3 is 14.6 Å². The molecule has 0 aromatic heterocycles. The molecule has 1 N–H and O–H groups in total. The van der Waals surface area contributed by atoms with Gasteiger partial charge in [-0.25, -0.2) is 0 Å². The molecule has 138 valence electrons. The Morgan fingerprint density at radius 2 is 2.00 bits per heavy atom. The Bertz CT molecular complexity index is 481. The van der Waals surface area contributed by atoms with Gasteiger partial charge >= 0.3 is 0 Å². The van der Waals surface area contributed by atoms with Crippen molar-refractivity contribution in [3.05, 3.63) is 23.8 Å². The molecule has 24 heavy (non-hydrogen) atoms. The number of aliphatic hydroxyl groups excluding tert-OH is 1. The van der Waals surface area contributed by atoms with Crippen LogP contribution in [-0.2, 0) is 9.47 Å². The van der Waals surface area contributed by atoms with E-state index < -0.39 is 11.7 Å². The molecule has 2 aliphatic rings. The van der Waals surface area contributed by atoms with Crippen LogP contribution in [0.2, 0.25) is 0 Å². The molecule has 0 aromatic rings. The van der Waals surface area contributed by atoms with Gasteiger partial charge in [0.05, 0.1) is 23.4 Å². The average molecular weight is 337 g/mol. The van der Waals surface area contributed by atoms with Crippen molar-refractivity contribution in [3.63, 3.8) is 0 Å². The average Bonchev–Trinajstić information content (AvgIpc) is 3.14. The van der Waals surface area contributed by atoms with Crippen molar-refractivity contribution in [3.8, 4) is 0 Å². The standard InChI is InChI=1S/C21H36O3/c1-15(2)17-9-11-20(4,23-6)14-18(22)13-16(3)7-8-19-21(5,24-19)12-10-17/h9,11,13,15,17-19,22H,7-8,10,12,14H2,1-6H3/b11-9+,16-13+/t17-,18-,19+,20-,21-/m0/s1. The highest BCUT2D eigenvalue weighted by Gasteiger charge is 2.51. The van der Waals surface area contributed by atoms with Crippen LogP contribution in [0.15, 0.2) is 23.8 Å². The SMILES string of the molecule is CO[C@@]1(C)/C=C/[C@H](C(C)C)CC[C@]2(C)O[C@@H]2CC/C(C)=C/[C@H](O)C1. The fourth-order valence-corrected chi connectivity index (χ4v) is 3.77. The smallest absolute Gasteiger partial charge is 0.0920 e. The largest absolute Gasteiger partial charge is 0.389 e. The predicted molar refractivity (Wildman–Crippen MR) is 99.0 cm³/mol. The zero-order chi connectivity index (χ0) is 18.0. The topological polar surface area (TPSA) is 42.0 Å². The van der Waals surface area contributed by atoms with Crippen LogP contribution in [0.5, 0.6) is 0 Å². The van der Waals surface area contributed by atoms with Crippen LogP contribution in [0.3, 0.4) is 0 Å². The number of hydrogen-bond donors (Lipinski definition) is 1. The zero-order valence-electron chi connectivity index (χ0n) is 16.3. The number of methoxy groups -OCH3 is 1. The molecular formula is C21H36O3. The highest BCUT2D eigenvalue weighted by molar-refractivity contribution is 5.11. The van der Waals surface area contributed by atoms with Crippen molar-refractivity contribution in [1.29, 1.82) is 0 Å². The lowest BCUT2D eigenvalue weighted by Gasteiger charge is -2.28. The van der Waals surface area contributed by atoms with Gasteiger partial charge in [-0.2, -0.15) is 0 Å². The third kappa shape index (κ3) is 5.18.